The zero-order chi connectivity index (χ0) is 64.9. The quantitative estimate of drug-likeness (QED) is 0.0846. The summed E-state index contributed by atoms with van der Waals surface area (Å²) in [5, 5.41) is 102. The molecule has 5 aromatic rings. The van der Waals surface area contributed by atoms with E-state index in [0.717, 1.165) is 42.5 Å². The van der Waals surface area contributed by atoms with Crippen LogP contribution in [0.1, 0.15) is 91.6 Å². The van der Waals surface area contributed by atoms with Gasteiger partial charge in [-0.2, -0.15) is 0 Å². The predicted molar refractivity (Wildman–Crippen MR) is 312 cm³/mol. The number of primary amides is 2. The molecule has 1 unspecified atom stereocenters. The molecule has 0 aliphatic carbocycles. The molecule has 0 saturated carbocycles. The van der Waals surface area contributed by atoms with Gasteiger partial charge in [0.25, 0.3) is 0 Å². The summed E-state index contributed by atoms with van der Waals surface area (Å²) in [7, 11) is 1.49. The van der Waals surface area contributed by atoms with E-state index in [1.54, 1.807) is 0 Å². The van der Waals surface area contributed by atoms with Crippen molar-refractivity contribution in [2.75, 3.05) is 13.7 Å². The molecule has 30 heteroatoms. The second-order valence-electron chi connectivity index (χ2n) is 21.7. The lowest BCUT2D eigenvalue weighted by atomic mass is 9.90. The molecule has 89 heavy (non-hydrogen) atoms. The Morgan fingerprint density at radius 2 is 1.40 bits per heavy atom. The Kier molecular flexibility index (Phi) is 20.8. The fourth-order valence-electron chi connectivity index (χ4n) is 10.3. The number of nitrogens with one attached hydrogen (secondary N) is 6. The summed E-state index contributed by atoms with van der Waals surface area (Å²) in [6.45, 7) is 2.85. The number of fused-ring (bicyclic) bond motifs is 16. The molecule has 1 fully saturated rings. The molecule has 1 saturated heterocycles. The van der Waals surface area contributed by atoms with E-state index in [0.29, 0.717) is 5.56 Å². The van der Waals surface area contributed by atoms with Gasteiger partial charge >= 0.3 is 5.97 Å². The van der Waals surface area contributed by atoms with E-state index in [9.17, 15) is 69.6 Å². The number of carbonyl (C=O) groups excluding carboxylic acids is 7. The minimum absolute atomic E-state index is 0.0578. The number of carbonyl (C=O) groups is 8. The van der Waals surface area contributed by atoms with Crippen molar-refractivity contribution in [2.24, 2.45) is 17.4 Å². The monoisotopic (exact) mass is 1270 g/mol. The van der Waals surface area contributed by atoms with Crippen LogP contribution in [0, 0.1) is 5.92 Å². The minimum atomic E-state index is -2.20. The van der Waals surface area contributed by atoms with Gasteiger partial charge in [-0.25, -0.2) is 4.79 Å². The zero-order valence-electron chi connectivity index (χ0n) is 47.6. The number of carboxylic acid groups (broad SMARTS) is 1. The molecule has 5 aromatic carbocycles. The van der Waals surface area contributed by atoms with Crippen LogP contribution >= 0.6 is 23.2 Å². The first-order chi connectivity index (χ1) is 42.1. The topological polar surface area (TPSA) is 460 Å². The summed E-state index contributed by atoms with van der Waals surface area (Å²) in [6, 6.07) is 3.60. The third-order valence-corrected chi connectivity index (χ3v) is 15.4. The minimum Gasteiger partial charge on any atom is -0.508 e. The molecule has 9 bridgehead atoms. The summed E-state index contributed by atoms with van der Waals surface area (Å²) in [6.07, 6.45) is -9.89. The average Bonchev–Trinajstić information content (AvgIpc) is 0.946. The Bertz CT molecular complexity index is 3590. The fourth-order valence-corrected chi connectivity index (χ4v) is 10.8. The molecule has 18 N–H and O–H groups in total. The first-order valence-corrected chi connectivity index (χ1v) is 28.4. The van der Waals surface area contributed by atoms with Crippen molar-refractivity contribution < 1.29 is 98.2 Å². The van der Waals surface area contributed by atoms with Gasteiger partial charge in [0.2, 0.25) is 53.4 Å². The number of nitrogens with two attached hydrogens (primary N) is 2. The van der Waals surface area contributed by atoms with Gasteiger partial charge < -0.3 is 103 Å². The van der Waals surface area contributed by atoms with Crippen LogP contribution in [0.2, 0.25) is 10.0 Å². The number of aromatic hydroxyl groups is 3. The van der Waals surface area contributed by atoms with Crippen LogP contribution in [0.15, 0.2) is 78.9 Å². The van der Waals surface area contributed by atoms with Crippen LogP contribution in [0.25, 0.3) is 11.1 Å². The summed E-state index contributed by atoms with van der Waals surface area (Å²) in [5.74, 6) is -13.9. The van der Waals surface area contributed by atoms with Crippen molar-refractivity contribution in [3.8, 4) is 57.1 Å². The summed E-state index contributed by atoms with van der Waals surface area (Å²) in [5.41, 5.74) is 9.89. The summed E-state index contributed by atoms with van der Waals surface area (Å²) < 4.78 is 25.2. The zero-order valence-corrected chi connectivity index (χ0v) is 49.1. The van der Waals surface area contributed by atoms with Gasteiger partial charge in [0.1, 0.15) is 71.2 Å². The van der Waals surface area contributed by atoms with E-state index in [2.05, 4.69) is 31.9 Å². The number of rotatable bonds is 12. The highest BCUT2D eigenvalue weighted by molar-refractivity contribution is 6.32. The van der Waals surface area contributed by atoms with Crippen molar-refractivity contribution in [3.63, 3.8) is 0 Å². The maximum atomic E-state index is 15.5. The molecule has 474 valence electrons. The number of aliphatic hydroxyl groups excluding tert-OH is 4. The van der Waals surface area contributed by atoms with E-state index in [4.69, 9.17) is 53.6 Å². The van der Waals surface area contributed by atoms with E-state index < -0.39 is 191 Å². The Hall–Kier alpha value is -9.00. The molecular formula is C59H64Cl2N8O20. The number of amides is 7. The number of benzene rings is 5. The second kappa shape index (κ2) is 28.0. The van der Waals surface area contributed by atoms with Crippen LogP contribution in [0.5, 0.6) is 46.0 Å². The lowest BCUT2D eigenvalue weighted by molar-refractivity contribution is -0.230. The average molecular weight is 1280 g/mol. The number of carboxylic acids is 1. The molecule has 11 atom stereocenters. The van der Waals surface area contributed by atoms with Gasteiger partial charge in [0.15, 0.2) is 17.5 Å². The molecule has 5 aliphatic rings. The summed E-state index contributed by atoms with van der Waals surface area (Å²) >= 11 is 13.8. The number of phenols is 3. The highest BCUT2D eigenvalue weighted by Gasteiger charge is 2.41. The summed E-state index contributed by atoms with van der Waals surface area (Å²) in [4.78, 5) is 112. The molecule has 5 heterocycles. The Labute approximate surface area is 516 Å². The molecule has 0 aromatic heterocycles. The third kappa shape index (κ3) is 15.3. The molecule has 5 aliphatic heterocycles. The van der Waals surface area contributed by atoms with Crippen molar-refractivity contribution in [3.05, 3.63) is 117 Å². The van der Waals surface area contributed by atoms with Crippen LogP contribution in [0.4, 0.5) is 0 Å². The van der Waals surface area contributed by atoms with Crippen LogP contribution in [-0.2, 0) is 49.5 Å². The van der Waals surface area contributed by atoms with Crippen LogP contribution < -0.4 is 57.6 Å². The highest BCUT2D eigenvalue weighted by Crippen LogP contribution is 2.49. The number of aliphatic hydroxyl groups is 4. The maximum Gasteiger partial charge on any atom is 0.330 e. The van der Waals surface area contributed by atoms with Gasteiger partial charge in [-0.05, 0) is 103 Å². The standard InChI is InChI=1S/C59H64Cl2N8O20/c1-23(2)12-33(64-3)55(80)69-50-51(77)26-7-10-39(32(61)15-26)87-41-17-27-16-40(53(41)89-45-21-37(74)52(78)42(22-70)88-45)86-38-9-4-24(13-31(38)60)5-11-44(76)66-49(59(84)85)30-18-28(71)19-36(73)46(30)29-14-25(6-8-35(29)72)47(54(63)79)67-57(82)48(27)68-56(81)34(20-43(62)75)65-58(50)83/h4,6-10,13-19,23,33-34,37,42,45,47-52,64,70-74,77-78H,5,11-12,20-22H2,1-3H3,(H2,62,75)(H2,63,79)(H,65,83)(H,66,76)(H,67,82)(H,68,81)(H,69,80)(H,84,85)/t33-,34+,37-,42-,45+,47?,48-,49+,50-,51-,52+/m1/s1. The predicted octanol–water partition coefficient (Wildman–Crippen LogP) is 1.78. The normalized spacial score (nSPS) is 23.6. The number of halogens is 2. The smallest absolute Gasteiger partial charge is 0.330 e. The SMILES string of the molecule is CN[C@H](CC(C)C)C(=O)N[C@H]1C(=O)N[C@@H](CC(N)=O)C(=O)N[C@H]2C(=O)NC(C(N)=O)c3ccc(O)c(c3)-c3c(O)cc(O)cc3[C@@H](C(=O)O)NC(=O)CCc3ccc(c(Cl)c3)Oc3cc2cc(c3O[C@H]2C[C@@H](O)[C@H](O)[C@@H](CO)O2)Oc2ccc(cc2Cl)[C@H]1O. The van der Waals surface area contributed by atoms with Gasteiger partial charge in [-0.15, -0.1) is 0 Å². The molecular weight excluding hydrogens is 1210 g/mol. The lowest BCUT2D eigenvalue weighted by Crippen LogP contribution is -2.59. The molecule has 28 nitrogen and oxygen atoms in total. The maximum absolute atomic E-state index is 15.5. The Morgan fingerprint density at radius 3 is 2.01 bits per heavy atom. The molecule has 0 radical (unpaired) electrons. The molecule has 10 rings (SSSR count). The Balaban J connectivity index is 1.39. The Morgan fingerprint density at radius 1 is 0.742 bits per heavy atom. The third-order valence-electron chi connectivity index (χ3n) is 14.8. The highest BCUT2D eigenvalue weighted by atomic mass is 35.5. The van der Waals surface area contributed by atoms with E-state index in [1.165, 1.54) is 43.4 Å². The first kappa shape index (κ1) is 66.0. The largest absolute Gasteiger partial charge is 0.508 e. The number of aryl methyl sites for hydroxylation is 1. The van der Waals surface area contributed by atoms with Crippen LogP contribution in [0.3, 0.4) is 0 Å². The fraction of sp³-hybridized carbons (Fsp3) is 0.356. The van der Waals surface area contributed by atoms with Gasteiger partial charge in [-0.1, -0.05) is 55.2 Å². The van der Waals surface area contributed by atoms with Crippen molar-refractivity contribution in [1.82, 2.24) is 31.9 Å². The number of hydrogen-bond acceptors (Lipinski definition) is 20. The van der Waals surface area contributed by atoms with Crippen LogP contribution in [-0.4, -0.2) is 145 Å². The van der Waals surface area contributed by atoms with Crippen molar-refractivity contribution in [2.45, 2.75) is 113 Å². The number of hydrogen-bond donors (Lipinski definition) is 16. The van der Waals surface area contributed by atoms with E-state index >= 15 is 9.59 Å². The number of aliphatic carboxylic acids is 1. The molecule has 0 spiro atoms. The lowest BCUT2D eigenvalue weighted by Gasteiger charge is -2.36. The second-order valence-corrected chi connectivity index (χ2v) is 22.5. The number of ether oxygens (including phenoxy) is 4. The first-order valence-electron chi connectivity index (χ1n) is 27.6. The van der Waals surface area contributed by atoms with Gasteiger partial charge in [-0.3, -0.25) is 33.6 Å². The molecule has 7 amide bonds. The van der Waals surface area contributed by atoms with Crippen molar-refractivity contribution >= 4 is 70.5 Å². The number of phenolic OH excluding ortho intramolecular Hbond substituents is 3. The number of likely N-dealkylation sites (N-methyl/N-ethyl adjacent to an activating group) is 1. The van der Waals surface area contributed by atoms with Crippen molar-refractivity contribution in [1.29, 1.82) is 0 Å². The van der Waals surface area contributed by atoms with E-state index in [-0.39, 0.29) is 57.0 Å². The van der Waals surface area contributed by atoms with Gasteiger partial charge in [0, 0.05) is 35.6 Å². The van der Waals surface area contributed by atoms with Gasteiger partial charge in [0.05, 0.1) is 35.2 Å². The van der Waals surface area contributed by atoms with E-state index in [1.807, 2.05) is 13.8 Å².